The summed E-state index contributed by atoms with van der Waals surface area (Å²) >= 11 is 0. The van der Waals surface area contributed by atoms with E-state index in [4.69, 9.17) is 14.2 Å². The maximum Gasteiger partial charge on any atom is 0.257 e. The quantitative estimate of drug-likeness (QED) is 0.675. The Morgan fingerprint density at radius 2 is 1.64 bits per heavy atom. The Kier molecular flexibility index (Phi) is 6.26. The largest absolute Gasteiger partial charge is 0.388 e. The molecule has 1 aromatic rings. The van der Waals surface area contributed by atoms with Crippen molar-refractivity contribution in [3.63, 3.8) is 0 Å². The molecule has 8 heteroatoms. The van der Waals surface area contributed by atoms with Gasteiger partial charge >= 0.3 is 0 Å². The van der Waals surface area contributed by atoms with Gasteiger partial charge in [0.2, 0.25) is 0 Å². The second-order valence-electron chi connectivity index (χ2n) is 6.98. The number of hydrogen-bond donors (Lipinski definition) is 2. The number of imide groups is 1. The molecule has 1 aromatic carbocycles. The van der Waals surface area contributed by atoms with Crippen molar-refractivity contribution in [2.24, 2.45) is 0 Å². The third kappa shape index (κ3) is 3.74. The standard InChI is InChI=1S/C20H25NO7/c1-11-12(2)19(25)21(18(11)24)15-17(23)16(22)14(28-20(15)26-3)10-27-9-13-7-5-4-6-8-13/h4-8,14-17,20,22-23H,9-10H2,1-3H3/t14-,15-,16-,17-,20+/m1/s1. The van der Waals surface area contributed by atoms with Gasteiger partial charge < -0.3 is 24.4 Å². The smallest absolute Gasteiger partial charge is 0.257 e. The van der Waals surface area contributed by atoms with Crippen LogP contribution < -0.4 is 0 Å². The Morgan fingerprint density at radius 1 is 1.04 bits per heavy atom. The second-order valence-corrected chi connectivity index (χ2v) is 6.98. The van der Waals surface area contributed by atoms with Gasteiger partial charge in [-0.25, -0.2) is 0 Å². The van der Waals surface area contributed by atoms with E-state index in [1.807, 2.05) is 30.3 Å². The van der Waals surface area contributed by atoms with Crippen LogP contribution in [0.2, 0.25) is 0 Å². The molecule has 0 spiro atoms. The number of methoxy groups -OCH3 is 1. The van der Waals surface area contributed by atoms with Crippen LogP contribution >= 0.6 is 0 Å². The molecule has 2 aliphatic rings. The van der Waals surface area contributed by atoms with Crippen LogP contribution in [0.3, 0.4) is 0 Å². The Labute approximate surface area is 163 Å². The van der Waals surface area contributed by atoms with Gasteiger partial charge in [-0.2, -0.15) is 0 Å². The number of ether oxygens (including phenoxy) is 3. The zero-order valence-corrected chi connectivity index (χ0v) is 16.1. The molecule has 0 bridgehead atoms. The van der Waals surface area contributed by atoms with E-state index in [-0.39, 0.29) is 6.61 Å². The summed E-state index contributed by atoms with van der Waals surface area (Å²) in [4.78, 5) is 25.8. The molecule has 0 aliphatic carbocycles. The highest BCUT2D eigenvalue weighted by atomic mass is 16.7. The van der Waals surface area contributed by atoms with E-state index >= 15 is 0 Å². The maximum absolute atomic E-state index is 12.5. The molecular weight excluding hydrogens is 366 g/mol. The molecule has 2 aliphatic heterocycles. The normalized spacial score (nSPS) is 31.0. The lowest BCUT2D eigenvalue weighted by Gasteiger charge is -2.44. The minimum absolute atomic E-state index is 0.0118. The SMILES string of the molecule is CO[C@H]1O[C@H](COCc2ccccc2)[C@@H](O)[C@H](O)[C@H]1N1C(=O)C(C)=C(C)C1=O. The first-order chi connectivity index (χ1) is 13.4. The second kappa shape index (κ2) is 8.50. The van der Waals surface area contributed by atoms with Crippen LogP contribution in [0.5, 0.6) is 0 Å². The summed E-state index contributed by atoms with van der Waals surface area (Å²) < 4.78 is 16.6. The monoisotopic (exact) mass is 391 g/mol. The number of hydrogen-bond acceptors (Lipinski definition) is 7. The number of aliphatic hydroxyl groups is 2. The van der Waals surface area contributed by atoms with Crippen molar-refractivity contribution in [1.29, 1.82) is 0 Å². The number of carbonyl (C=O) groups excluding carboxylic acids is 2. The lowest BCUT2D eigenvalue weighted by molar-refractivity contribution is -0.278. The lowest BCUT2D eigenvalue weighted by Crippen LogP contribution is -2.65. The molecule has 8 nitrogen and oxygen atoms in total. The van der Waals surface area contributed by atoms with Gasteiger partial charge in [0.05, 0.1) is 13.2 Å². The van der Waals surface area contributed by atoms with Crippen molar-refractivity contribution < 1.29 is 34.0 Å². The van der Waals surface area contributed by atoms with Gasteiger partial charge in [0, 0.05) is 18.3 Å². The fourth-order valence-electron chi connectivity index (χ4n) is 3.44. The van der Waals surface area contributed by atoms with Crippen molar-refractivity contribution >= 4 is 11.8 Å². The zero-order chi connectivity index (χ0) is 20.4. The van der Waals surface area contributed by atoms with Gasteiger partial charge in [-0.05, 0) is 19.4 Å². The van der Waals surface area contributed by atoms with Crippen LogP contribution in [-0.4, -0.2) is 71.3 Å². The van der Waals surface area contributed by atoms with Crippen molar-refractivity contribution in [2.45, 2.75) is 51.1 Å². The average molecular weight is 391 g/mol. The average Bonchev–Trinajstić information content (AvgIpc) is 2.89. The summed E-state index contributed by atoms with van der Waals surface area (Å²) in [5, 5.41) is 21.2. The van der Waals surface area contributed by atoms with E-state index < -0.39 is 42.5 Å². The van der Waals surface area contributed by atoms with Crippen LogP contribution in [0.25, 0.3) is 0 Å². The fraction of sp³-hybridized carbons (Fsp3) is 0.500. The molecule has 2 heterocycles. The van der Waals surface area contributed by atoms with Crippen molar-refractivity contribution in [3.8, 4) is 0 Å². The summed E-state index contributed by atoms with van der Waals surface area (Å²) in [7, 11) is 1.35. The number of carbonyl (C=O) groups is 2. The fourth-order valence-corrected chi connectivity index (χ4v) is 3.44. The highest BCUT2D eigenvalue weighted by molar-refractivity contribution is 6.19. The van der Waals surface area contributed by atoms with Crippen molar-refractivity contribution in [1.82, 2.24) is 4.90 Å². The van der Waals surface area contributed by atoms with E-state index in [1.165, 1.54) is 7.11 Å². The van der Waals surface area contributed by atoms with E-state index in [1.54, 1.807) is 13.8 Å². The first kappa shape index (κ1) is 20.6. The summed E-state index contributed by atoms with van der Waals surface area (Å²) in [5.74, 6) is -1.05. The van der Waals surface area contributed by atoms with Crippen LogP contribution in [0.15, 0.2) is 41.5 Å². The first-order valence-corrected chi connectivity index (χ1v) is 9.08. The number of nitrogens with zero attached hydrogens (tertiary/aromatic N) is 1. The van der Waals surface area contributed by atoms with Crippen molar-refractivity contribution in [3.05, 3.63) is 47.0 Å². The lowest BCUT2D eigenvalue weighted by atomic mass is 9.95. The highest BCUT2D eigenvalue weighted by Gasteiger charge is 2.52. The molecule has 5 atom stereocenters. The number of benzene rings is 1. The minimum Gasteiger partial charge on any atom is -0.388 e. The number of amides is 2. The van der Waals surface area contributed by atoms with Gasteiger partial charge in [0.15, 0.2) is 6.29 Å². The first-order valence-electron chi connectivity index (χ1n) is 9.08. The molecule has 2 amide bonds. The Hall–Kier alpha value is -2.10. The van der Waals surface area contributed by atoms with E-state index in [2.05, 4.69) is 0 Å². The molecule has 1 fully saturated rings. The third-order valence-electron chi connectivity index (χ3n) is 5.23. The van der Waals surface area contributed by atoms with Gasteiger partial charge in [0.1, 0.15) is 24.4 Å². The van der Waals surface area contributed by atoms with Crippen molar-refractivity contribution in [2.75, 3.05) is 13.7 Å². The molecule has 152 valence electrons. The molecule has 0 radical (unpaired) electrons. The van der Waals surface area contributed by atoms with Gasteiger partial charge in [-0.1, -0.05) is 30.3 Å². The van der Waals surface area contributed by atoms with Gasteiger partial charge in [0.25, 0.3) is 11.8 Å². The molecule has 0 aromatic heterocycles. The predicted octanol–water partition coefficient (Wildman–Crippen LogP) is 0.370. The molecule has 3 rings (SSSR count). The Balaban J connectivity index is 1.69. The summed E-state index contributed by atoms with van der Waals surface area (Å²) in [6.45, 7) is 3.42. The molecule has 2 N–H and O–H groups in total. The van der Waals surface area contributed by atoms with Crippen LogP contribution in [0.1, 0.15) is 19.4 Å². The molecular formula is C20H25NO7. The van der Waals surface area contributed by atoms with E-state index in [0.717, 1.165) is 10.5 Å². The van der Waals surface area contributed by atoms with Crippen LogP contribution in [-0.2, 0) is 30.4 Å². The van der Waals surface area contributed by atoms with Gasteiger partial charge in [-0.15, -0.1) is 0 Å². The maximum atomic E-state index is 12.5. The summed E-state index contributed by atoms with van der Waals surface area (Å²) in [6, 6.07) is 8.34. The molecule has 28 heavy (non-hydrogen) atoms. The zero-order valence-electron chi connectivity index (χ0n) is 16.1. The Morgan fingerprint density at radius 3 is 2.21 bits per heavy atom. The molecule has 1 saturated heterocycles. The Bertz CT molecular complexity index is 737. The van der Waals surface area contributed by atoms with Gasteiger partial charge in [-0.3, -0.25) is 14.5 Å². The molecule has 0 unspecified atom stereocenters. The summed E-state index contributed by atoms with van der Waals surface area (Å²) in [6.07, 6.45) is -4.75. The highest BCUT2D eigenvalue weighted by Crippen LogP contribution is 2.31. The molecule has 0 saturated carbocycles. The minimum atomic E-state index is -1.43. The number of rotatable bonds is 6. The van der Waals surface area contributed by atoms with Crippen LogP contribution in [0, 0.1) is 0 Å². The third-order valence-corrected chi connectivity index (χ3v) is 5.23. The topological polar surface area (TPSA) is 106 Å². The predicted molar refractivity (Wildman–Crippen MR) is 97.8 cm³/mol. The van der Waals surface area contributed by atoms with Crippen LogP contribution in [0.4, 0.5) is 0 Å². The summed E-state index contributed by atoms with van der Waals surface area (Å²) in [5.41, 5.74) is 1.56. The number of aliphatic hydroxyl groups excluding tert-OH is 2. The van der Waals surface area contributed by atoms with E-state index in [9.17, 15) is 19.8 Å². The van der Waals surface area contributed by atoms with E-state index in [0.29, 0.717) is 17.8 Å².